The second kappa shape index (κ2) is 6.88. The van der Waals surface area contributed by atoms with Crippen molar-refractivity contribution in [3.63, 3.8) is 0 Å². The van der Waals surface area contributed by atoms with Crippen molar-refractivity contribution >= 4 is 33.4 Å². The van der Waals surface area contributed by atoms with Gasteiger partial charge in [-0.15, -0.1) is 0 Å². The van der Waals surface area contributed by atoms with Crippen LogP contribution in [0.15, 0.2) is 28.7 Å². The van der Waals surface area contributed by atoms with E-state index in [2.05, 4.69) is 21.2 Å². The molecule has 0 atom stereocenters. The monoisotopic (exact) mass is 338 g/mol. The number of benzene rings is 1. The Kier molecular flexibility index (Phi) is 5.17. The summed E-state index contributed by atoms with van der Waals surface area (Å²) in [5.41, 5.74) is 0.614. The molecule has 0 aliphatic heterocycles. The molecule has 2 amide bonds. The summed E-state index contributed by atoms with van der Waals surface area (Å²) in [5.74, 6) is -1.04. The van der Waals surface area contributed by atoms with E-state index in [1.165, 1.54) is 6.42 Å². The molecule has 1 aromatic carbocycles. The molecule has 5 heteroatoms. The van der Waals surface area contributed by atoms with Crippen LogP contribution < -0.4 is 5.32 Å². The fourth-order valence-electron chi connectivity index (χ4n) is 2.53. The molecule has 0 radical (unpaired) electrons. The number of nitrogens with zero attached hydrogens (tertiary/aromatic N) is 1. The number of carbonyl (C=O) groups is 2. The van der Waals surface area contributed by atoms with Crippen molar-refractivity contribution in [2.24, 2.45) is 0 Å². The normalized spacial score (nSPS) is 15.7. The van der Waals surface area contributed by atoms with Crippen LogP contribution in [0.2, 0.25) is 0 Å². The number of likely N-dealkylation sites (N-methyl/N-ethyl adjacent to an activating group) is 1. The molecule has 0 heterocycles. The summed E-state index contributed by atoms with van der Waals surface area (Å²) < 4.78 is 0.765. The zero-order valence-corrected chi connectivity index (χ0v) is 13.1. The fraction of sp³-hybridized carbons (Fsp3) is 0.467. The van der Waals surface area contributed by atoms with Gasteiger partial charge in [0.15, 0.2) is 0 Å². The lowest BCUT2D eigenvalue weighted by atomic mass is 9.94. The molecular weight excluding hydrogens is 320 g/mol. The van der Waals surface area contributed by atoms with Crippen molar-refractivity contribution in [1.82, 2.24) is 4.90 Å². The average molecular weight is 339 g/mol. The zero-order valence-electron chi connectivity index (χ0n) is 11.6. The van der Waals surface area contributed by atoms with E-state index in [9.17, 15) is 9.59 Å². The number of amides is 2. The van der Waals surface area contributed by atoms with Gasteiger partial charge in [-0.1, -0.05) is 31.4 Å². The lowest BCUT2D eigenvalue weighted by molar-refractivity contribution is -0.144. The minimum Gasteiger partial charge on any atom is -0.335 e. The molecule has 0 unspecified atom stereocenters. The Morgan fingerprint density at radius 2 is 1.85 bits per heavy atom. The Hall–Kier alpha value is -1.36. The van der Waals surface area contributed by atoms with Gasteiger partial charge in [0.2, 0.25) is 0 Å². The van der Waals surface area contributed by atoms with Gasteiger partial charge in [-0.25, -0.2) is 0 Å². The summed E-state index contributed by atoms with van der Waals surface area (Å²) >= 11 is 3.35. The maximum Gasteiger partial charge on any atom is 0.313 e. The third-order valence-corrected chi connectivity index (χ3v) is 4.45. The van der Waals surface area contributed by atoms with E-state index in [-0.39, 0.29) is 6.04 Å². The van der Waals surface area contributed by atoms with E-state index in [0.29, 0.717) is 5.69 Å². The van der Waals surface area contributed by atoms with Crippen LogP contribution in [0.3, 0.4) is 0 Å². The van der Waals surface area contributed by atoms with Crippen LogP contribution in [-0.2, 0) is 9.59 Å². The number of carbonyl (C=O) groups excluding carboxylic acids is 2. The number of hydrogen-bond donors (Lipinski definition) is 1. The highest BCUT2D eigenvalue weighted by atomic mass is 79.9. The molecule has 0 aromatic heterocycles. The number of rotatable bonds is 2. The molecule has 4 nitrogen and oxygen atoms in total. The third-order valence-electron chi connectivity index (χ3n) is 3.76. The van der Waals surface area contributed by atoms with Gasteiger partial charge in [0.1, 0.15) is 0 Å². The first-order valence-electron chi connectivity index (χ1n) is 6.92. The minimum absolute atomic E-state index is 0.196. The minimum atomic E-state index is -0.579. The van der Waals surface area contributed by atoms with Crippen molar-refractivity contribution in [3.8, 4) is 0 Å². The van der Waals surface area contributed by atoms with Gasteiger partial charge in [0.25, 0.3) is 0 Å². The molecule has 2 rings (SSSR count). The van der Waals surface area contributed by atoms with Crippen LogP contribution in [0.4, 0.5) is 5.69 Å². The molecule has 1 fully saturated rings. The maximum atomic E-state index is 12.2. The van der Waals surface area contributed by atoms with E-state index in [1.54, 1.807) is 18.0 Å². The molecule has 1 N–H and O–H groups in total. The molecule has 108 valence electrons. The number of hydrogen-bond acceptors (Lipinski definition) is 2. The van der Waals surface area contributed by atoms with Crippen LogP contribution in [0.5, 0.6) is 0 Å². The number of para-hydroxylation sites is 1. The van der Waals surface area contributed by atoms with E-state index < -0.39 is 11.8 Å². The zero-order chi connectivity index (χ0) is 14.5. The summed E-state index contributed by atoms with van der Waals surface area (Å²) in [6, 6.07) is 7.45. The first-order chi connectivity index (χ1) is 9.59. The molecule has 0 spiro atoms. The van der Waals surface area contributed by atoms with Crippen LogP contribution >= 0.6 is 15.9 Å². The summed E-state index contributed by atoms with van der Waals surface area (Å²) in [5, 5.41) is 2.65. The van der Waals surface area contributed by atoms with Gasteiger partial charge in [-0.3, -0.25) is 9.59 Å². The predicted octanol–water partition coefficient (Wildman–Crippen LogP) is 3.18. The number of nitrogens with one attached hydrogen (secondary N) is 1. The molecule has 0 saturated heterocycles. The lowest BCUT2D eigenvalue weighted by Gasteiger charge is -2.30. The van der Waals surface area contributed by atoms with E-state index >= 15 is 0 Å². The highest BCUT2D eigenvalue weighted by molar-refractivity contribution is 9.10. The first-order valence-corrected chi connectivity index (χ1v) is 7.71. The van der Waals surface area contributed by atoms with Gasteiger partial charge >= 0.3 is 11.8 Å². The van der Waals surface area contributed by atoms with Crippen LogP contribution in [0.25, 0.3) is 0 Å². The smallest absolute Gasteiger partial charge is 0.313 e. The lowest BCUT2D eigenvalue weighted by Crippen LogP contribution is -2.44. The van der Waals surface area contributed by atoms with Crippen molar-refractivity contribution < 1.29 is 9.59 Å². The molecule has 20 heavy (non-hydrogen) atoms. The summed E-state index contributed by atoms with van der Waals surface area (Å²) in [6.07, 6.45) is 5.47. The quantitative estimate of drug-likeness (QED) is 0.842. The standard InChI is InChI=1S/C15H19BrN2O2/c1-18(11-7-3-2-4-8-11)15(20)14(19)17-13-10-6-5-9-12(13)16/h5-6,9-11H,2-4,7-8H2,1H3,(H,17,19). The Bertz CT molecular complexity index is 498. The van der Waals surface area contributed by atoms with Crippen molar-refractivity contribution in [1.29, 1.82) is 0 Å². The van der Waals surface area contributed by atoms with E-state index in [0.717, 1.165) is 30.2 Å². The summed E-state index contributed by atoms with van der Waals surface area (Å²) in [7, 11) is 1.72. The Balaban J connectivity index is 1.98. The third kappa shape index (κ3) is 3.60. The highest BCUT2D eigenvalue weighted by Gasteiger charge is 2.26. The largest absolute Gasteiger partial charge is 0.335 e. The highest BCUT2D eigenvalue weighted by Crippen LogP contribution is 2.23. The van der Waals surface area contributed by atoms with Crippen LogP contribution in [0, 0.1) is 0 Å². The number of anilines is 1. The van der Waals surface area contributed by atoms with Crippen LogP contribution in [-0.4, -0.2) is 29.8 Å². The number of halogens is 1. The Morgan fingerprint density at radius 1 is 1.20 bits per heavy atom. The second-order valence-electron chi connectivity index (χ2n) is 5.14. The Morgan fingerprint density at radius 3 is 2.50 bits per heavy atom. The predicted molar refractivity (Wildman–Crippen MR) is 82.4 cm³/mol. The van der Waals surface area contributed by atoms with E-state index in [1.807, 2.05) is 18.2 Å². The Labute approximate surface area is 127 Å². The SMILES string of the molecule is CN(C(=O)C(=O)Nc1ccccc1Br)C1CCCCC1. The molecule has 1 aliphatic rings. The fourth-order valence-corrected chi connectivity index (χ4v) is 2.92. The maximum absolute atomic E-state index is 12.2. The van der Waals surface area contributed by atoms with Gasteiger partial charge in [0, 0.05) is 17.6 Å². The average Bonchev–Trinajstić information content (AvgIpc) is 2.49. The molecular formula is C15H19BrN2O2. The van der Waals surface area contributed by atoms with Crippen molar-refractivity contribution in [2.75, 3.05) is 12.4 Å². The summed E-state index contributed by atoms with van der Waals surface area (Å²) in [6.45, 7) is 0. The topological polar surface area (TPSA) is 49.4 Å². The second-order valence-corrected chi connectivity index (χ2v) is 6.00. The first kappa shape index (κ1) is 15.0. The molecule has 0 bridgehead atoms. The van der Waals surface area contributed by atoms with Crippen molar-refractivity contribution in [3.05, 3.63) is 28.7 Å². The van der Waals surface area contributed by atoms with Gasteiger partial charge in [-0.2, -0.15) is 0 Å². The van der Waals surface area contributed by atoms with Gasteiger partial charge < -0.3 is 10.2 Å². The summed E-state index contributed by atoms with van der Waals surface area (Å²) in [4.78, 5) is 25.8. The molecule has 1 aliphatic carbocycles. The molecule has 1 saturated carbocycles. The van der Waals surface area contributed by atoms with Crippen molar-refractivity contribution in [2.45, 2.75) is 38.1 Å². The van der Waals surface area contributed by atoms with Crippen LogP contribution in [0.1, 0.15) is 32.1 Å². The van der Waals surface area contributed by atoms with E-state index in [4.69, 9.17) is 0 Å². The molecule has 1 aromatic rings. The van der Waals surface area contributed by atoms with Gasteiger partial charge in [0.05, 0.1) is 5.69 Å². The van der Waals surface area contributed by atoms with Gasteiger partial charge in [-0.05, 0) is 40.9 Å².